The highest BCUT2D eigenvalue weighted by Gasteiger charge is 2.05. The molecule has 5 nitrogen and oxygen atoms in total. The second kappa shape index (κ2) is 6.75. The molecule has 0 bridgehead atoms. The summed E-state index contributed by atoms with van der Waals surface area (Å²) in [6, 6.07) is 0. The van der Waals surface area contributed by atoms with Gasteiger partial charge in [-0.05, 0) is 19.8 Å². The maximum absolute atomic E-state index is 11.0. The standard InChI is InChI=1S/C10H15NO4/c1-7(10(14)15)4-3-5-11-9(13)6-8(2)12/h1,3-6H2,2H3,(H,11,13)(H,14,15). The van der Waals surface area contributed by atoms with Crippen molar-refractivity contribution in [2.45, 2.75) is 26.2 Å². The quantitative estimate of drug-likeness (QED) is 0.366. The van der Waals surface area contributed by atoms with Crippen LogP contribution in [0.1, 0.15) is 26.2 Å². The Morgan fingerprint density at radius 3 is 2.40 bits per heavy atom. The zero-order valence-electron chi connectivity index (χ0n) is 8.71. The molecule has 0 aromatic rings. The molecule has 15 heavy (non-hydrogen) atoms. The molecule has 1 amide bonds. The summed E-state index contributed by atoms with van der Waals surface area (Å²) in [5.74, 6) is -1.55. The number of carbonyl (C=O) groups is 3. The van der Waals surface area contributed by atoms with Gasteiger partial charge in [-0.15, -0.1) is 0 Å². The monoisotopic (exact) mass is 213 g/mol. The fraction of sp³-hybridized carbons (Fsp3) is 0.500. The molecule has 0 aromatic heterocycles. The third-order valence-corrected chi connectivity index (χ3v) is 1.69. The van der Waals surface area contributed by atoms with Crippen LogP contribution in [0.4, 0.5) is 0 Å². The van der Waals surface area contributed by atoms with E-state index in [0.717, 1.165) is 0 Å². The number of carboxylic acids is 1. The zero-order chi connectivity index (χ0) is 11.8. The Morgan fingerprint density at radius 1 is 1.33 bits per heavy atom. The van der Waals surface area contributed by atoms with Crippen molar-refractivity contribution in [3.05, 3.63) is 12.2 Å². The molecule has 0 unspecified atom stereocenters. The van der Waals surface area contributed by atoms with E-state index in [1.54, 1.807) is 0 Å². The number of rotatable bonds is 7. The summed E-state index contributed by atoms with van der Waals surface area (Å²) >= 11 is 0. The van der Waals surface area contributed by atoms with E-state index in [4.69, 9.17) is 5.11 Å². The first kappa shape index (κ1) is 13.4. The van der Waals surface area contributed by atoms with Crippen LogP contribution in [0.3, 0.4) is 0 Å². The van der Waals surface area contributed by atoms with Crippen molar-refractivity contribution in [2.24, 2.45) is 0 Å². The minimum absolute atomic E-state index is 0.121. The van der Waals surface area contributed by atoms with Gasteiger partial charge in [0.25, 0.3) is 0 Å². The fourth-order valence-electron chi connectivity index (χ4n) is 0.925. The molecule has 0 radical (unpaired) electrons. The van der Waals surface area contributed by atoms with Crippen LogP contribution in [0, 0.1) is 0 Å². The Labute approximate surface area is 88.2 Å². The van der Waals surface area contributed by atoms with Gasteiger partial charge in [0.1, 0.15) is 5.78 Å². The normalized spacial score (nSPS) is 9.40. The van der Waals surface area contributed by atoms with Crippen molar-refractivity contribution in [2.75, 3.05) is 6.54 Å². The van der Waals surface area contributed by atoms with Crippen molar-refractivity contribution in [1.29, 1.82) is 0 Å². The summed E-state index contributed by atoms with van der Waals surface area (Å²) in [7, 11) is 0. The van der Waals surface area contributed by atoms with Gasteiger partial charge >= 0.3 is 5.97 Å². The van der Waals surface area contributed by atoms with Gasteiger partial charge in [0, 0.05) is 12.1 Å². The average molecular weight is 213 g/mol. The van der Waals surface area contributed by atoms with Crippen LogP contribution >= 0.6 is 0 Å². The first-order chi connectivity index (χ1) is 6.93. The van der Waals surface area contributed by atoms with Gasteiger partial charge in [-0.2, -0.15) is 0 Å². The molecule has 0 aromatic carbocycles. The number of aliphatic carboxylic acids is 1. The SMILES string of the molecule is C=C(CCCNC(=O)CC(C)=O)C(=O)O. The van der Waals surface area contributed by atoms with E-state index in [1.165, 1.54) is 6.92 Å². The minimum Gasteiger partial charge on any atom is -0.478 e. The van der Waals surface area contributed by atoms with Crippen LogP contribution in [-0.2, 0) is 14.4 Å². The van der Waals surface area contributed by atoms with Crippen molar-refractivity contribution in [3.63, 3.8) is 0 Å². The molecular weight excluding hydrogens is 198 g/mol. The van der Waals surface area contributed by atoms with Gasteiger partial charge < -0.3 is 10.4 Å². The molecule has 0 spiro atoms. The van der Waals surface area contributed by atoms with E-state index in [-0.39, 0.29) is 23.7 Å². The molecular formula is C10H15NO4. The number of carbonyl (C=O) groups excluding carboxylic acids is 2. The Hall–Kier alpha value is -1.65. The van der Waals surface area contributed by atoms with Gasteiger partial charge in [-0.25, -0.2) is 4.79 Å². The van der Waals surface area contributed by atoms with Crippen LogP contribution in [0.5, 0.6) is 0 Å². The first-order valence-electron chi connectivity index (χ1n) is 4.60. The molecule has 0 fully saturated rings. The van der Waals surface area contributed by atoms with Crippen LogP contribution in [0.2, 0.25) is 0 Å². The lowest BCUT2D eigenvalue weighted by Gasteiger charge is -2.03. The third kappa shape index (κ3) is 7.42. The topological polar surface area (TPSA) is 83.5 Å². The first-order valence-corrected chi connectivity index (χ1v) is 4.60. The van der Waals surface area contributed by atoms with Gasteiger partial charge in [-0.3, -0.25) is 9.59 Å². The third-order valence-electron chi connectivity index (χ3n) is 1.69. The molecule has 0 aliphatic carbocycles. The largest absolute Gasteiger partial charge is 0.478 e. The lowest BCUT2D eigenvalue weighted by Crippen LogP contribution is -2.26. The summed E-state index contributed by atoms with van der Waals surface area (Å²) in [6.45, 7) is 5.05. The van der Waals surface area contributed by atoms with Gasteiger partial charge in [0.15, 0.2) is 0 Å². The average Bonchev–Trinajstić information content (AvgIpc) is 2.10. The van der Waals surface area contributed by atoms with Crippen LogP contribution in [-0.4, -0.2) is 29.3 Å². The minimum atomic E-state index is -1.02. The van der Waals surface area contributed by atoms with E-state index in [0.29, 0.717) is 19.4 Å². The van der Waals surface area contributed by atoms with E-state index >= 15 is 0 Å². The summed E-state index contributed by atoms with van der Waals surface area (Å²) in [5, 5.41) is 11.0. The molecule has 0 heterocycles. The van der Waals surface area contributed by atoms with Gasteiger partial charge in [-0.1, -0.05) is 6.58 Å². The van der Waals surface area contributed by atoms with Crippen molar-refractivity contribution >= 4 is 17.7 Å². The van der Waals surface area contributed by atoms with Crippen LogP contribution < -0.4 is 5.32 Å². The maximum Gasteiger partial charge on any atom is 0.330 e. The lowest BCUT2D eigenvalue weighted by atomic mass is 10.1. The molecule has 0 aliphatic rings. The molecule has 5 heteroatoms. The van der Waals surface area contributed by atoms with Crippen molar-refractivity contribution in [3.8, 4) is 0 Å². The van der Waals surface area contributed by atoms with E-state index < -0.39 is 5.97 Å². The maximum atomic E-state index is 11.0. The van der Waals surface area contributed by atoms with Gasteiger partial charge in [0.05, 0.1) is 6.42 Å². The second-order valence-corrected chi connectivity index (χ2v) is 3.24. The highest BCUT2D eigenvalue weighted by molar-refractivity contribution is 5.96. The molecule has 84 valence electrons. The fourth-order valence-corrected chi connectivity index (χ4v) is 0.925. The molecule has 2 N–H and O–H groups in total. The highest BCUT2D eigenvalue weighted by Crippen LogP contribution is 2.00. The summed E-state index contributed by atoms with van der Waals surface area (Å²) in [4.78, 5) is 31.8. The Kier molecular flexibility index (Phi) is 6.01. The Morgan fingerprint density at radius 2 is 1.93 bits per heavy atom. The number of nitrogens with one attached hydrogen (secondary N) is 1. The molecule has 0 atom stereocenters. The molecule has 0 saturated heterocycles. The number of hydrogen-bond donors (Lipinski definition) is 2. The molecule has 0 aliphatic heterocycles. The van der Waals surface area contributed by atoms with E-state index in [1.807, 2.05) is 0 Å². The van der Waals surface area contributed by atoms with Crippen LogP contribution in [0.15, 0.2) is 12.2 Å². The Bertz CT molecular complexity index is 283. The summed E-state index contributed by atoms with van der Waals surface area (Å²) in [6.07, 6.45) is 0.713. The molecule has 0 rings (SSSR count). The van der Waals surface area contributed by atoms with E-state index in [9.17, 15) is 14.4 Å². The van der Waals surface area contributed by atoms with Crippen molar-refractivity contribution < 1.29 is 19.5 Å². The smallest absolute Gasteiger partial charge is 0.330 e. The predicted molar refractivity (Wildman–Crippen MR) is 54.3 cm³/mol. The number of Topliss-reactive ketones (excluding diaryl/α,β-unsaturated/α-hetero) is 1. The number of amides is 1. The number of hydrogen-bond acceptors (Lipinski definition) is 3. The molecule has 0 saturated carbocycles. The number of ketones is 1. The van der Waals surface area contributed by atoms with Crippen LogP contribution in [0.25, 0.3) is 0 Å². The van der Waals surface area contributed by atoms with Crippen molar-refractivity contribution in [1.82, 2.24) is 5.32 Å². The second-order valence-electron chi connectivity index (χ2n) is 3.24. The predicted octanol–water partition coefficient (Wildman–Crippen LogP) is 0.503. The van der Waals surface area contributed by atoms with E-state index in [2.05, 4.69) is 11.9 Å². The Balaban J connectivity index is 3.55. The number of carboxylic acid groups (broad SMARTS) is 1. The lowest BCUT2D eigenvalue weighted by molar-refractivity contribution is -0.132. The highest BCUT2D eigenvalue weighted by atomic mass is 16.4. The summed E-state index contributed by atoms with van der Waals surface area (Å²) in [5.41, 5.74) is 0.121. The zero-order valence-corrected chi connectivity index (χ0v) is 8.71. The summed E-state index contributed by atoms with van der Waals surface area (Å²) < 4.78 is 0. The van der Waals surface area contributed by atoms with Gasteiger partial charge in [0.2, 0.25) is 5.91 Å².